The fourth-order valence-electron chi connectivity index (χ4n) is 2.99. The normalized spacial score (nSPS) is 23.7. The van der Waals surface area contributed by atoms with E-state index in [4.69, 9.17) is 9.84 Å². The first-order valence-corrected chi connectivity index (χ1v) is 8.33. The van der Waals surface area contributed by atoms with Gasteiger partial charge in [-0.15, -0.1) is 0 Å². The monoisotopic (exact) mass is 332 g/mol. The molecule has 1 aromatic rings. The van der Waals surface area contributed by atoms with Gasteiger partial charge in [-0.05, 0) is 31.4 Å². The summed E-state index contributed by atoms with van der Waals surface area (Å²) in [7, 11) is 0. The minimum Gasteiger partial charge on any atom is -0.493 e. The molecule has 1 fully saturated rings. The van der Waals surface area contributed by atoms with E-state index in [1.54, 1.807) is 0 Å². The van der Waals surface area contributed by atoms with Crippen LogP contribution in [0.1, 0.15) is 32.1 Å². The van der Waals surface area contributed by atoms with Crippen molar-refractivity contribution < 1.29 is 24.5 Å². The Labute approximate surface area is 142 Å². The number of carboxylic acids is 1. The van der Waals surface area contributed by atoms with Gasteiger partial charge in [0.15, 0.2) is 0 Å². The third-order valence-electron chi connectivity index (χ3n) is 4.34. The molecule has 5 nitrogen and oxygen atoms in total. The number of ketones is 1. The standard InChI is InChI=1S/C19H24O5/c20-17-12-18(21)16(13-24-14-8-4-3-5-9-14)15(17)10-6-1-2-7-11-19(22)23/h1,3-6,8-9,15-16,18,21H,2,7,10-13H2,(H,22,23)/t15-,16-,18-/m1/s1. The fraction of sp³-hybridized carbons (Fsp3) is 0.474. The molecular formula is C19H24O5. The summed E-state index contributed by atoms with van der Waals surface area (Å²) >= 11 is 0. The van der Waals surface area contributed by atoms with E-state index in [2.05, 4.69) is 0 Å². The average Bonchev–Trinajstić information content (AvgIpc) is 2.83. The first kappa shape index (κ1) is 18.2. The molecule has 0 spiro atoms. The van der Waals surface area contributed by atoms with Crippen molar-refractivity contribution >= 4 is 11.8 Å². The second-order valence-corrected chi connectivity index (χ2v) is 6.13. The van der Waals surface area contributed by atoms with Crippen LogP contribution in [-0.2, 0) is 9.59 Å². The predicted molar refractivity (Wildman–Crippen MR) is 89.8 cm³/mol. The summed E-state index contributed by atoms with van der Waals surface area (Å²) in [5.74, 6) is -0.442. The van der Waals surface area contributed by atoms with Crippen LogP contribution in [0.2, 0.25) is 0 Å². The van der Waals surface area contributed by atoms with E-state index >= 15 is 0 Å². The molecule has 0 heterocycles. The van der Waals surface area contributed by atoms with E-state index in [0.717, 1.165) is 5.75 Å². The van der Waals surface area contributed by atoms with E-state index in [1.807, 2.05) is 42.5 Å². The van der Waals surface area contributed by atoms with Gasteiger partial charge in [0.25, 0.3) is 0 Å². The first-order valence-electron chi connectivity index (χ1n) is 8.33. The summed E-state index contributed by atoms with van der Waals surface area (Å²) in [5, 5.41) is 18.7. The Balaban J connectivity index is 1.83. The zero-order valence-electron chi connectivity index (χ0n) is 13.6. The molecule has 24 heavy (non-hydrogen) atoms. The lowest BCUT2D eigenvalue weighted by Crippen LogP contribution is -2.26. The number of para-hydroxylation sites is 1. The van der Waals surface area contributed by atoms with Gasteiger partial charge in [0.2, 0.25) is 0 Å². The van der Waals surface area contributed by atoms with E-state index in [9.17, 15) is 14.7 Å². The van der Waals surface area contributed by atoms with Crippen LogP contribution in [0.4, 0.5) is 0 Å². The number of allylic oxidation sites excluding steroid dienone is 2. The SMILES string of the molecule is O=C(O)CCCC=CC[C@H]1C(=O)C[C@@H](O)[C@@H]1COc1ccccc1. The van der Waals surface area contributed by atoms with Gasteiger partial charge in [-0.25, -0.2) is 0 Å². The molecule has 5 heteroatoms. The number of benzene rings is 1. The van der Waals surface area contributed by atoms with Crippen molar-refractivity contribution in [3.8, 4) is 5.75 Å². The highest BCUT2D eigenvalue weighted by atomic mass is 16.5. The zero-order valence-corrected chi connectivity index (χ0v) is 13.6. The second kappa shape index (κ2) is 9.23. The number of aliphatic hydroxyl groups is 1. The van der Waals surface area contributed by atoms with Crippen molar-refractivity contribution in [1.82, 2.24) is 0 Å². The van der Waals surface area contributed by atoms with Crippen molar-refractivity contribution in [2.45, 2.75) is 38.2 Å². The number of aliphatic carboxylic acids is 1. The van der Waals surface area contributed by atoms with E-state index in [0.29, 0.717) is 25.9 Å². The molecule has 1 aliphatic rings. The largest absolute Gasteiger partial charge is 0.493 e. The van der Waals surface area contributed by atoms with Crippen molar-refractivity contribution in [3.05, 3.63) is 42.5 Å². The maximum atomic E-state index is 12.1. The van der Waals surface area contributed by atoms with Gasteiger partial charge in [-0.1, -0.05) is 30.4 Å². The number of Topliss-reactive ketones (excluding diaryl/α,β-unsaturated/α-hetero) is 1. The summed E-state index contributed by atoms with van der Waals surface area (Å²) in [5.41, 5.74) is 0. The lowest BCUT2D eigenvalue weighted by atomic mass is 9.91. The number of carbonyl (C=O) groups is 2. The third-order valence-corrected chi connectivity index (χ3v) is 4.34. The molecule has 3 atom stereocenters. The summed E-state index contributed by atoms with van der Waals surface area (Å²) in [6.45, 7) is 0.314. The molecule has 1 aromatic carbocycles. The molecule has 0 unspecified atom stereocenters. The number of hydrogen-bond acceptors (Lipinski definition) is 4. The summed E-state index contributed by atoms with van der Waals surface area (Å²) in [6, 6.07) is 9.35. The van der Waals surface area contributed by atoms with Crippen LogP contribution in [-0.4, -0.2) is 34.7 Å². The van der Waals surface area contributed by atoms with Crippen LogP contribution >= 0.6 is 0 Å². The Kier molecular flexibility index (Phi) is 7.00. The molecule has 2 N–H and O–H groups in total. The molecule has 0 aromatic heterocycles. The Hall–Kier alpha value is -2.14. The van der Waals surface area contributed by atoms with Crippen LogP contribution < -0.4 is 4.74 Å². The average molecular weight is 332 g/mol. The molecule has 0 bridgehead atoms. The number of rotatable bonds is 9. The van der Waals surface area contributed by atoms with E-state index in [-0.39, 0.29) is 30.5 Å². The first-order chi connectivity index (χ1) is 11.6. The number of aliphatic hydroxyl groups excluding tert-OH is 1. The lowest BCUT2D eigenvalue weighted by molar-refractivity contribution is -0.137. The molecular weight excluding hydrogens is 308 g/mol. The zero-order chi connectivity index (χ0) is 17.4. The van der Waals surface area contributed by atoms with Crippen LogP contribution in [0.5, 0.6) is 5.75 Å². The Morgan fingerprint density at radius 2 is 2.00 bits per heavy atom. The van der Waals surface area contributed by atoms with Gasteiger partial charge >= 0.3 is 5.97 Å². The van der Waals surface area contributed by atoms with Gasteiger partial charge < -0.3 is 14.9 Å². The molecule has 130 valence electrons. The highest BCUT2D eigenvalue weighted by Gasteiger charge is 2.41. The maximum absolute atomic E-state index is 12.1. The van der Waals surface area contributed by atoms with Crippen molar-refractivity contribution in [3.63, 3.8) is 0 Å². The number of carbonyl (C=O) groups excluding carboxylic acids is 1. The van der Waals surface area contributed by atoms with Gasteiger partial charge in [0.05, 0.1) is 12.7 Å². The van der Waals surface area contributed by atoms with Crippen LogP contribution in [0.15, 0.2) is 42.5 Å². The van der Waals surface area contributed by atoms with Gasteiger partial charge in [0, 0.05) is 24.7 Å². The Bertz CT molecular complexity index is 566. The van der Waals surface area contributed by atoms with Crippen LogP contribution in [0.3, 0.4) is 0 Å². The highest BCUT2D eigenvalue weighted by molar-refractivity contribution is 5.84. The summed E-state index contributed by atoms with van der Waals surface area (Å²) in [6.07, 6.45) is 5.33. The minimum atomic E-state index is -0.796. The predicted octanol–water partition coefficient (Wildman–Crippen LogP) is 2.83. The van der Waals surface area contributed by atoms with E-state index in [1.165, 1.54) is 0 Å². The molecule has 0 saturated heterocycles. The highest BCUT2D eigenvalue weighted by Crippen LogP contribution is 2.32. The smallest absolute Gasteiger partial charge is 0.303 e. The topological polar surface area (TPSA) is 83.8 Å². The van der Waals surface area contributed by atoms with Crippen molar-refractivity contribution in [2.75, 3.05) is 6.61 Å². The Morgan fingerprint density at radius 3 is 2.71 bits per heavy atom. The molecule has 0 aliphatic heterocycles. The van der Waals surface area contributed by atoms with Gasteiger partial charge in [-0.2, -0.15) is 0 Å². The van der Waals surface area contributed by atoms with Crippen molar-refractivity contribution in [1.29, 1.82) is 0 Å². The quantitative estimate of drug-likeness (QED) is 0.536. The number of unbranched alkanes of at least 4 members (excludes halogenated alkanes) is 1. The molecule has 0 radical (unpaired) electrons. The number of ether oxygens (including phenoxy) is 1. The summed E-state index contributed by atoms with van der Waals surface area (Å²) in [4.78, 5) is 22.5. The van der Waals surface area contributed by atoms with Crippen LogP contribution in [0, 0.1) is 11.8 Å². The lowest BCUT2D eigenvalue weighted by Gasteiger charge is -2.20. The Morgan fingerprint density at radius 1 is 1.25 bits per heavy atom. The third kappa shape index (κ3) is 5.49. The van der Waals surface area contributed by atoms with E-state index < -0.39 is 12.1 Å². The number of hydrogen-bond donors (Lipinski definition) is 2. The molecule has 1 saturated carbocycles. The number of carboxylic acid groups (broad SMARTS) is 1. The van der Waals surface area contributed by atoms with Gasteiger partial charge in [0.1, 0.15) is 11.5 Å². The molecule has 1 aliphatic carbocycles. The molecule has 2 rings (SSSR count). The van der Waals surface area contributed by atoms with Gasteiger partial charge in [-0.3, -0.25) is 9.59 Å². The molecule has 0 amide bonds. The van der Waals surface area contributed by atoms with Crippen LogP contribution in [0.25, 0.3) is 0 Å². The maximum Gasteiger partial charge on any atom is 0.303 e. The fourth-order valence-corrected chi connectivity index (χ4v) is 2.99. The second-order valence-electron chi connectivity index (χ2n) is 6.13. The minimum absolute atomic E-state index is 0.0688. The van der Waals surface area contributed by atoms with Crippen molar-refractivity contribution in [2.24, 2.45) is 11.8 Å². The summed E-state index contributed by atoms with van der Waals surface area (Å²) < 4.78 is 5.71.